The first-order valence-electron chi connectivity index (χ1n) is 6.54. The van der Waals surface area contributed by atoms with Gasteiger partial charge in [-0.1, -0.05) is 0 Å². The van der Waals surface area contributed by atoms with E-state index in [1.165, 1.54) is 5.69 Å². The van der Waals surface area contributed by atoms with Crippen molar-refractivity contribution in [3.63, 3.8) is 0 Å². The Labute approximate surface area is 119 Å². The molecule has 0 aliphatic carbocycles. The quantitative estimate of drug-likeness (QED) is 0.819. The van der Waals surface area contributed by atoms with Gasteiger partial charge in [-0.2, -0.15) is 15.0 Å². The molecule has 0 saturated heterocycles. The summed E-state index contributed by atoms with van der Waals surface area (Å²) < 4.78 is 0. The highest BCUT2D eigenvalue weighted by atomic mass is 15.3. The highest BCUT2D eigenvalue weighted by Gasteiger charge is 2.11. The molecule has 2 heterocycles. The van der Waals surface area contributed by atoms with Crippen molar-refractivity contribution in [1.82, 2.24) is 19.9 Å². The SMILES string of the molecule is CNc1nc(N(C)C)nc(N(C)CCc2ccc[nH]2)n1. The van der Waals surface area contributed by atoms with E-state index in [2.05, 4.69) is 31.3 Å². The number of hydrogen-bond acceptors (Lipinski definition) is 6. The molecule has 2 aromatic heterocycles. The number of nitrogens with zero attached hydrogens (tertiary/aromatic N) is 5. The van der Waals surface area contributed by atoms with E-state index in [4.69, 9.17) is 0 Å². The van der Waals surface area contributed by atoms with Gasteiger partial charge < -0.3 is 20.1 Å². The van der Waals surface area contributed by atoms with E-state index in [-0.39, 0.29) is 0 Å². The van der Waals surface area contributed by atoms with Crippen LogP contribution in [-0.4, -0.2) is 54.7 Å². The van der Waals surface area contributed by atoms with Gasteiger partial charge in [0.1, 0.15) is 0 Å². The van der Waals surface area contributed by atoms with Gasteiger partial charge in [-0.15, -0.1) is 0 Å². The summed E-state index contributed by atoms with van der Waals surface area (Å²) in [5.74, 6) is 1.89. The summed E-state index contributed by atoms with van der Waals surface area (Å²) >= 11 is 0. The van der Waals surface area contributed by atoms with Crippen LogP contribution < -0.4 is 15.1 Å². The number of hydrogen-bond donors (Lipinski definition) is 2. The average molecular weight is 275 g/mol. The van der Waals surface area contributed by atoms with Crippen molar-refractivity contribution in [1.29, 1.82) is 0 Å². The van der Waals surface area contributed by atoms with Gasteiger partial charge in [0.15, 0.2) is 0 Å². The zero-order chi connectivity index (χ0) is 14.5. The fourth-order valence-electron chi connectivity index (χ4n) is 1.75. The molecule has 2 aromatic rings. The van der Waals surface area contributed by atoms with E-state index in [9.17, 15) is 0 Å². The van der Waals surface area contributed by atoms with Gasteiger partial charge in [-0.05, 0) is 12.1 Å². The second kappa shape index (κ2) is 6.23. The number of H-pyrrole nitrogens is 1. The second-order valence-corrected chi connectivity index (χ2v) is 4.77. The number of aromatic nitrogens is 4. The third-order valence-electron chi connectivity index (χ3n) is 2.96. The number of aromatic amines is 1. The Kier molecular flexibility index (Phi) is 4.39. The van der Waals surface area contributed by atoms with Crippen molar-refractivity contribution < 1.29 is 0 Å². The summed E-state index contributed by atoms with van der Waals surface area (Å²) in [4.78, 5) is 20.2. The molecule has 7 nitrogen and oxygen atoms in total. The number of likely N-dealkylation sites (N-methyl/N-ethyl adjacent to an activating group) is 1. The zero-order valence-corrected chi connectivity index (χ0v) is 12.4. The van der Waals surface area contributed by atoms with Crippen molar-refractivity contribution in [2.45, 2.75) is 6.42 Å². The maximum Gasteiger partial charge on any atom is 0.231 e. The fraction of sp³-hybridized carbons (Fsp3) is 0.462. The minimum absolute atomic E-state index is 0.574. The van der Waals surface area contributed by atoms with E-state index in [0.29, 0.717) is 17.8 Å². The Morgan fingerprint density at radius 2 is 1.90 bits per heavy atom. The largest absolute Gasteiger partial charge is 0.365 e. The topological polar surface area (TPSA) is 73.0 Å². The van der Waals surface area contributed by atoms with Crippen molar-refractivity contribution in [3.8, 4) is 0 Å². The molecule has 0 bridgehead atoms. The Balaban J connectivity index is 2.11. The van der Waals surface area contributed by atoms with Crippen LogP contribution in [0.2, 0.25) is 0 Å². The predicted molar refractivity (Wildman–Crippen MR) is 81.5 cm³/mol. The van der Waals surface area contributed by atoms with E-state index >= 15 is 0 Å². The molecule has 0 radical (unpaired) electrons. The number of nitrogens with one attached hydrogen (secondary N) is 2. The molecule has 2 N–H and O–H groups in total. The molecule has 20 heavy (non-hydrogen) atoms. The maximum atomic E-state index is 4.46. The second-order valence-electron chi connectivity index (χ2n) is 4.77. The molecule has 0 fully saturated rings. The monoisotopic (exact) mass is 275 g/mol. The van der Waals surface area contributed by atoms with Gasteiger partial charge >= 0.3 is 0 Å². The normalized spacial score (nSPS) is 10.4. The fourth-order valence-corrected chi connectivity index (χ4v) is 1.75. The lowest BCUT2D eigenvalue weighted by molar-refractivity contribution is 0.813. The van der Waals surface area contributed by atoms with Gasteiger partial charge in [0.05, 0.1) is 0 Å². The molecule has 0 spiro atoms. The lowest BCUT2D eigenvalue weighted by atomic mass is 10.3. The molecule has 0 unspecified atom stereocenters. The first-order valence-corrected chi connectivity index (χ1v) is 6.54. The van der Waals surface area contributed by atoms with Crippen LogP contribution in [0.25, 0.3) is 0 Å². The van der Waals surface area contributed by atoms with E-state index in [1.807, 2.05) is 43.2 Å². The molecular formula is C13H21N7. The predicted octanol–water partition coefficient (Wildman–Crippen LogP) is 0.986. The third kappa shape index (κ3) is 3.37. The Bertz CT molecular complexity index is 536. The summed E-state index contributed by atoms with van der Waals surface area (Å²) in [6.45, 7) is 0.834. The van der Waals surface area contributed by atoms with Crippen LogP contribution in [0.3, 0.4) is 0 Å². The highest BCUT2D eigenvalue weighted by Crippen LogP contribution is 2.14. The van der Waals surface area contributed by atoms with Gasteiger partial charge in [0.2, 0.25) is 17.8 Å². The molecule has 0 saturated carbocycles. The maximum absolute atomic E-state index is 4.46. The van der Waals surface area contributed by atoms with E-state index < -0.39 is 0 Å². The molecule has 0 atom stereocenters. The molecular weight excluding hydrogens is 254 g/mol. The van der Waals surface area contributed by atoms with Crippen LogP contribution in [0.4, 0.5) is 17.8 Å². The van der Waals surface area contributed by atoms with Crippen molar-refractivity contribution in [2.24, 2.45) is 0 Å². The van der Waals surface area contributed by atoms with Gasteiger partial charge in [0, 0.05) is 53.0 Å². The third-order valence-corrected chi connectivity index (χ3v) is 2.96. The number of anilines is 3. The molecule has 2 rings (SSSR count). The molecule has 108 valence electrons. The number of rotatable bonds is 6. The Hall–Kier alpha value is -2.31. The summed E-state index contributed by atoms with van der Waals surface area (Å²) in [7, 11) is 7.61. The van der Waals surface area contributed by atoms with Crippen molar-refractivity contribution in [3.05, 3.63) is 24.0 Å². The van der Waals surface area contributed by atoms with Crippen LogP contribution in [0.1, 0.15) is 5.69 Å². The van der Waals surface area contributed by atoms with Gasteiger partial charge in [-0.25, -0.2) is 0 Å². The van der Waals surface area contributed by atoms with Crippen LogP contribution in [0, 0.1) is 0 Å². The Morgan fingerprint density at radius 1 is 1.15 bits per heavy atom. The highest BCUT2D eigenvalue weighted by molar-refractivity contribution is 5.43. The lowest BCUT2D eigenvalue weighted by Crippen LogP contribution is -2.25. The molecule has 7 heteroatoms. The first-order chi connectivity index (χ1) is 9.60. The van der Waals surface area contributed by atoms with E-state index in [1.54, 1.807) is 7.05 Å². The zero-order valence-electron chi connectivity index (χ0n) is 12.4. The molecule has 0 aliphatic heterocycles. The van der Waals surface area contributed by atoms with Gasteiger partial charge in [-0.3, -0.25) is 0 Å². The summed E-state index contributed by atoms with van der Waals surface area (Å²) in [5, 5.41) is 2.97. The first kappa shape index (κ1) is 14.1. The standard InChI is InChI=1S/C13H21N7/c1-14-11-16-12(19(2)3)18-13(17-11)20(4)9-7-10-6-5-8-15-10/h5-6,8,15H,7,9H2,1-4H3,(H,14,16,17,18). The molecule has 0 aliphatic rings. The van der Waals surface area contributed by atoms with Crippen LogP contribution >= 0.6 is 0 Å². The van der Waals surface area contributed by atoms with Crippen LogP contribution in [0.5, 0.6) is 0 Å². The Morgan fingerprint density at radius 3 is 2.50 bits per heavy atom. The molecule has 0 amide bonds. The summed E-state index contributed by atoms with van der Waals surface area (Å²) in [6.07, 6.45) is 2.85. The van der Waals surface area contributed by atoms with Crippen LogP contribution in [-0.2, 0) is 6.42 Å². The van der Waals surface area contributed by atoms with Crippen LogP contribution in [0.15, 0.2) is 18.3 Å². The van der Waals surface area contributed by atoms with Crippen molar-refractivity contribution >= 4 is 17.8 Å². The average Bonchev–Trinajstić information content (AvgIpc) is 2.97. The smallest absolute Gasteiger partial charge is 0.231 e. The van der Waals surface area contributed by atoms with Crippen molar-refractivity contribution in [2.75, 3.05) is 49.9 Å². The molecule has 0 aromatic carbocycles. The lowest BCUT2D eigenvalue weighted by Gasteiger charge is -2.19. The minimum atomic E-state index is 0.574. The van der Waals surface area contributed by atoms with E-state index in [0.717, 1.165) is 13.0 Å². The summed E-state index contributed by atoms with van der Waals surface area (Å²) in [6, 6.07) is 4.08. The summed E-state index contributed by atoms with van der Waals surface area (Å²) in [5.41, 5.74) is 1.20. The van der Waals surface area contributed by atoms with Gasteiger partial charge in [0.25, 0.3) is 0 Å². The minimum Gasteiger partial charge on any atom is -0.365 e.